The van der Waals surface area contributed by atoms with E-state index >= 15 is 0 Å². The first-order chi connectivity index (χ1) is 6.72. The third-order valence-electron chi connectivity index (χ3n) is 3.21. The van der Waals surface area contributed by atoms with E-state index in [9.17, 15) is 5.11 Å². The molecule has 0 saturated carbocycles. The Labute approximate surface area is 93.2 Å². The summed E-state index contributed by atoms with van der Waals surface area (Å²) in [7, 11) is 0. The molecule has 0 aromatic rings. The molecule has 3 heteroatoms. The second-order valence-electron chi connectivity index (χ2n) is 5.76. The van der Waals surface area contributed by atoms with Gasteiger partial charge in [-0.3, -0.25) is 0 Å². The fraction of sp³-hybridized carbons (Fsp3) is 1.00. The third-order valence-corrected chi connectivity index (χ3v) is 3.21. The molecule has 0 aliphatic carbocycles. The molecule has 3 nitrogen and oxygen atoms in total. The Morgan fingerprint density at radius 1 is 1.27 bits per heavy atom. The second kappa shape index (κ2) is 4.04. The maximum absolute atomic E-state index is 10.6. The molecule has 1 aliphatic rings. The lowest BCUT2D eigenvalue weighted by atomic mass is 9.82. The summed E-state index contributed by atoms with van der Waals surface area (Å²) in [5, 5.41) is 13.9. The predicted octanol–water partition coefficient (Wildman–Crippen LogP) is 1.69. The molecule has 0 radical (unpaired) electrons. The molecule has 15 heavy (non-hydrogen) atoms. The van der Waals surface area contributed by atoms with Gasteiger partial charge < -0.3 is 15.2 Å². The summed E-state index contributed by atoms with van der Waals surface area (Å²) in [6.45, 7) is 11.7. The largest absolute Gasteiger partial charge is 0.385 e. The fourth-order valence-corrected chi connectivity index (χ4v) is 2.49. The lowest BCUT2D eigenvalue weighted by Crippen LogP contribution is -2.53. The molecule has 1 rings (SSSR count). The number of aliphatic hydroxyl groups is 1. The monoisotopic (exact) mass is 215 g/mol. The molecule has 0 bridgehead atoms. The summed E-state index contributed by atoms with van der Waals surface area (Å²) in [6, 6.07) is 0. The topological polar surface area (TPSA) is 41.5 Å². The third kappa shape index (κ3) is 2.71. The zero-order chi connectivity index (χ0) is 11.7. The number of ether oxygens (including phenoxy) is 1. The molecule has 0 amide bonds. The van der Waals surface area contributed by atoms with Crippen molar-refractivity contribution in [2.75, 3.05) is 13.1 Å². The highest BCUT2D eigenvalue weighted by atomic mass is 16.5. The van der Waals surface area contributed by atoms with Crippen LogP contribution in [-0.4, -0.2) is 35.0 Å². The Bertz CT molecular complexity index is 226. The zero-order valence-corrected chi connectivity index (χ0v) is 10.7. The molecule has 0 aromatic heterocycles. The molecular weight excluding hydrogens is 190 g/mol. The minimum absolute atomic E-state index is 0.230. The van der Waals surface area contributed by atoms with Gasteiger partial charge in [-0.15, -0.1) is 0 Å². The van der Waals surface area contributed by atoms with Crippen LogP contribution in [0.1, 0.15) is 47.5 Å². The van der Waals surface area contributed by atoms with Gasteiger partial charge in [0, 0.05) is 13.0 Å². The van der Waals surface area contributed by atoms with E-state index in [0.29, 0.717) is 13.0 Å². The quantitative estimate of drug-likeness (QED) is 0.701. The number of nitrogens with one attached hydrogen (secondary N) is 1. The Balaban J connectivity index is 2.66. The van der Waals surface area contributed by atoms with Crippen LogP contribution in [0.15, 0.2) is 0 Å². The molecule has 0 spiro atoms. The van der Waals surface area contributed by atoms with E-state index in [2.05, 4.69) is 12.2 Å². The van der Waals surface area contributed by atoms with Crippen LogP contribution in [0.5, 0.6) is 0 Å². The highest BCUT2D eigenvalue weighted by molar-refractivity contribution is 5.07. The fourth-order valence-electron chi connectivity index (χ4n) is 2.49. The molecule has 1 atom stereocenters. The molecule has 90 valence electrons. The molecule has 1 heterocycles. The van der Waals surface area contributed by atoms with Gasteiger partial charge in [0.15, 0.2) is 0 Å². The molecule has 2 N–H and O–H groups in total. The Hall–Kier alpha value is -0.120. The predicted molar refractivity (Wildman–Crippen MR) is 62.0 cm³/mol. The molecule has 1 unspecified atom stereocenters. The minimum Gasteiger partial charge on any atom is -0.385 e. The average Bonchev–Trinajstić information content (AvgIpc) is 2.16. The molecule has 1 fully saturated rings. The minimum atomic E-state index is -0.758. The van der Waals surface area contributed by atoms with Crippen molar-refractivity contribution >= 4 is 0 Å². The van der Waals surface area contributed by atoms with Crippen molar-refractivity contribution in [3.63, 3.8) is 0 Å². The van der Waals surface area contributed by atoms with Gasteiger partial charge in [0.2, 0.25) is 0 Å². The first kappa shape index (κ1) is 12.9. The first-order valence-corrected chi connectivity index (χ1v) is 5.86. The normalized spacial score (nSPS) is 33.2. The van der Waals surface area contributed by atoms with E-state index in [1.54, 1.807) is 0 Å². The highest BCUT2D eigenvalue weighted by Gasteiger charge is 2.55. The zero-order valence-electron chi connectivity index (χ0n) is 10.7. The van der Waals surface area contributed by atoms with Crippen molar-refractivity contribution in [1.82, 2.24) is 5.32 Å². The van der Waals surface area contributed by atoms with Crippen LogP contribution in [0.25, 0.3) is 0 Å². The van der Waals surface area contributed by atoms with E-state index in [4.69, 9.17) is 4.74 Å². The molecule has 1 saturated heterocycles. The number of hydrogen-bond acceptors (Lipinski definition) is 3. The van der Waals surface area contributed by atoms with Crippen LogP contribution in [0.2, 0.25) is 0 Å². The van der Waals surface area contributed by atoms with Crippen LogP contribution < -0.4 is 5.32 Å². The van der Waals surface area contributed by atoms with Crippen LogP contribution in [-0.2, 0) is 4.74 Å². The lowest BCUT2D eigenvalue weighted by Gasteiger charge is -2.35. The maximum Gasteiger partial charge on any atom is 0.108 e. The molecular formula is C12H25NO2. The summed E-state index contributed by atoms with van der Waals surface area (Å²) in [5.74, 6) is 0. The van der Waals surface area contributed by atoms with Crippen molar-refractivity contribution in [3.05, 3.63) is 0 Å². The van der Waals surface area contributed by atoms with Gasteiger partial charge in [0.25, 0.3) is 0 Å². The Morgan fingerprint density at radius 3 is 2.27 bits per heavy atom. The van der Waals surface area contributed by atoms with E-state index < -0.39 is 11.2 Å². The van der Waals surface area contributed by atoms with Gasteiger partial charge in [-0.25, -0.2) is 0 Å². The molecule has 0 aromatic carbocycles. The van der Waals surface area contributed by atoms with Gasteiger partial charge >= 0.3 is 0 Å². The highest BCUT2D eigenvalue weighted by Crippen LogP contribution is 2.44. The summed E-state index contributed by atoms with van der Waals surface area (Å²) >= 11 is 0. The Morgan fingerprint density at radius 2 is 1.87 bits per heavy atom. The van der Waals surface area contributed by atoms with Gasteiger partial charge in [0.05, 0.1) is 11.2 Å². The van der Waals surface area contributed by atoms with Gasteiger partial charge in [0.1, 0.15) is 5.60 Å². The smallest absolute Gasteiger partial charge is 0.108 e. The number of rotatable bonds is 4. The summed E-state index contributed by atoms with van der Waals surface area (Å²) in [6.07, 6.45) is 1.77. The van der Waals surface area contributed by atoms with Gasteiger partial charge in [-0.2, -0.15) is 0 Å². The van der Waals surface area contributed by atoms with Crippen molar-refractivity contribution in [3.8, 4) is 0 Å². The van der Waals surface area contributed by atoms with Crippen molar-refractivity contribution in [2.24, 2.45) is 0 Å². The van der Waals surface area contributed by atoms with E-state index in [-0.39, 0.29) is 5.60 Å². The van der Waals surface area contributed by atoms with Crippen molar-refractivity contribution < 1.29 is 9.84 Å². The standard InChI is InChI=1S/C12H25NO2/c1-6-7-13-9-12(14)8-10(2,3)15-11(12,4)5/h13-14H,6-9H2,1-5H3. The van der Waals surface area contributed by atoms with E-state index in [0.717, 1.165) is 13.0 Å². The SMILES string of the molecule is CCCNCC1(O)CC(C)(C)OC1(C)C. The second-order valence-corrected chi connectivity index (χ2v) is 5.76. The number of hydrogen-bond donors (Lipinski definition) is 2. The Kier molecular flexibility index (Phi) is 3.49. The van der Waals surface area contributed by atoms with Gasteiger partial charge in [-0.1, -0.05) is 6.92 Å². The summed E-state index contributed by atoms with van der Waals surface area (Å²) in [5.41, 5.74) is -1.46. The van der Waals surface area contributed by atoms with Crippen LogP contribution in [0, 0.1) is 0 Å². The molecule has 1 aliphatic heterocycles. The van der Waals surface area contributed by atoms with Crippen LogP contribution in [0.3, 0.4) is 0 Å². The first-order valence-electron chi connectivity index (χ1n) is 5.86. The summed E-state index contributed by atoms with van der Waals surface area (Å²) < 4.78 is 5.89. The van der Waals surface area contributed by atoms with Crippen LogP contribution >= 0.6 is 0 Å². The van der Waals surface area contributed by atoms with Crippen molar-refractivity contribution in [2.45, 2.75) is 64.3 Å². The lowest BCUT2D eigenvalue weighted by molar-refractivity contribution is -0.124. The van der Waals surface area contributed by atoms with E-state index in [1.165, 1.54) is 0 Å². The van der Waals surface area contributed by atoms with E-state index in [1.807, 2.05) is 27.7 Å². The summed E-state index contributed by atoms with van der Waals surface area (Å²) in [4.78, 5) is 0. The maximum atomic E-state index is 10.6. The van der Waals surface area contributed by atoms with Crippen LogP contribution in [0.4, 0.5) is 0 Å². The van der Waals surface area contributed by atoms with Crippen molar-refractivity contribution in [1.29, 1.82) is 0 Å². The van der Waals surface area contributed by atoms with Gasteiger partial charge in [-0.05, 0) is 40.7 Å². The average molecular weight is 215 g/mol.